The molecule has 0 fully saturated rings. The van der Waals surface area contributed by atoms with Crippen LogP contribution in [0.2, 0.25) is 15.6 Å². The van der Waals surface area contributed by atoms with Gasteiger partial charge in [0, 0.05) is 0 Å². The van der Waals surface area contributed by atoms with E-state index in [9.17, 15) is 0 Å². The van der Waals surface area contributed by atoms with Crippen LogP contribution < -0.4 is 0 Å². The fraction of sp³-hybridized carbons (Fsp3) is 1.00. The fourth-order valence-electron chi connectivity index (χ4n) is 1.27. The maximum atomic E-state index is 4.09. The summed E-state index contributed by atoms with van der Waals surface area (Å²) in [5.41, 5.74) is 0. The minimum absolute atomic E-state index is 1.27. The summed E-state index contributed by atoms with van der Waals surface area (Å²) in [5.74, 6) is 1.27. The van der Waals surface area contributed by atoms with Gasteiger partial charge in [0.25, 0.3) is 0 Å². The van der Waals surface area contributed by atoms with E-state index in [0.29, 0.717) is 0 Å². The molecule has 0 aromatic heterocycles. The monoisotopic (exact) mass is 302 g/mol. The molecule has 0 aromatic rings. The van der Waals surface area contributed by atoms with Crippen LogP contribution in [0.3, 0.4) is 0 Å². The minimum atomic E-state index is -1.99. The first-order chi connectivity index (χ1) is 5.04. The van der Waals surface area contributed by atoms with E-state index in [2.05, 4.69) is 51.7 Å². The van der Waals surface area contributed by atoms with Crippen molar-refractivity contribution in [2.45, 2.75) is 43.3 Å². The third kappa shape index (κ3) is 2.97. The van der Waals surface area contributed by atoms with Crippen molar-refractivity contribution >= 4 is 33.4 Å². The molecular formula is C8H20AsBrS. The molecule has 0 aromatic carbocycles. The van der Waals surface area contributed by atoms with Crippen LogP contribution in [-0.2, 0) is 0 Å². The number of halogens is 1. The van der Waals surface area contributed by atoms with Gasteiger partial charge in [0.1, 0.15) is 0 Å². The van der Waals surface area contributed by atoms with E-state index in [0.717, 1.165) is 0 Å². The molecule has 0 nitrogen and oxygen atoms in total. The normalized spacial score (nSPS) is 15.9. The van der Waals surface area contributed by atoms with E-state index in [1.165, 1.54) is 21.4 Å². The Kier molecular flexibility index (Phi) is 5.15. The van der Waals surface area contributed by atoms with Crippen LogP contribution in [0.25, 0.3) is 0 Å². The SMILES string of the molecule is CCS[As](Br)(CC)(CC)CC. The Hall–Kier alpha value is 1.39. The van der Waals surface area contributed by atoms with Crippen LogP contribution in [-0.4, -0.2) is 15.2 Å². The summed E-state index contributed by atoms with van der Waals surface area (Å²) >= 11 is 4.09. The van der Waals surface area contributed by atoms with Crippen LogP contribution in [0.4, 0.5) is 0 Å². The first-order valence-corrected chi connectivity index (χ1v) is 16.0. The summed E-state index contributed by atoms with van der Waals surface area (Å²) in [6, 6.07) is 0. The average Bonchev–Trinajstić information content (AvgIpc) is 2.06. The van der Waals surface area contributed by atoms with Crippen molar-refractivity contribution < 1.29 is 0 Å². The van der Waals surface area contributed by atoms with Gasteiger partial charge in [-0.05, 0) is 0 Å². The van der Waals surface area contributed by atoms with E-state index in [-0.39, 0.29) is 0 Å². The molecule has 0 aliphatic carbocycles. The van der Waals surface area contributed by atoms with Gasteiger partial charge >= 0.3 is 82.5 Å². The molecule has 0 bridgehead atoms. The van der Waals surface area contributed by atoms with Crippen molar-refractivity contribution in [1.29, 1.82) is 0 Å². The van der Waals surface area contributed by atoms with Gasteiger partial charge in [-0.3, -0.25) is 0 Å². The number of hydrogen-bond donors (Lipinski definition) is 0. The Morgan fingerprint density at radius 2 is 1.36 bits per heavy atom. The first-order valence-electron chi connectivity index (χ1n) is 4.42. The topological polar surface area (TPSA) is 0 Å². The van der Waals surface area contributed by atoms with Gasteiger partial charge in [-0.25, -0.2) is 0 Å². The number of rotatable bonds is 5. The molecule has 0 radical (unpaired) electrons. The Labute approximate surface area is 82.1 Å². The summed E-state index contributed by atoms with van der Waals surface area (Å²) in [6.07, 6.45) is 0. The third-order valence-electron chi connectivity index (χ3n) is 2.54. The molecule has 70 valence electrons. The molecule has 11 heavy (non-hydrogen) atoms. The predicted octanol–water partition coefficient (Wildman–Crippen LogP) is 4.59. The Bertz CT molecular complexity index is 112. The molecule has 0 spiro atoms. The zero-order chi connectivity index (χ0) is 8.98. The molecule has 0 heterocycles. The molecular weight excluding hydrogens is 283 g/mol. The van der Waals surface area contributed by atoms with E-state index in [4.69, 9.17) is 0 Å². The molecule has 3 heteroatoms. The summed E-state index contributed by atoms with van der Waals surface area (Å²) < 4.78 is 0. The Morgan fingerprint density at radius 3 is 1.45 bits per heavy atom. The molecule has 0 aliphatic rings. The fourth-order valence-corrected chi connectivity index (χ4v) is 16.0. The standard InChI is InChI=1S/C8H20AsBrS/c1-5-9(10,6-2,7-3)11-8-4/h5-8H2,1-4H3. The molecule has 0 rings (SSSR count). The van der Waals surface area contributed by atoms with Crippen LogP contribution in [0.15, 0.2) is 0 Å². The van der Waals surface area contributed by atoms with Crippen molar-refractivity contribution in [1.82, 2.24) is 0 Å². The quantitative estimate of drug-likeness (QED) is 0.669. The van der Waals surface area contributed by atoms with E-state index in [1.54, 1.807) is 0 Å². The van der Waals surface area contributed by atoms with Gasteiger partial charge in [0.15, 0.2) is 0 Å². The second kappa shape index (κ2) is 4.58. The third-order valence-corrected chi connectivity index (χ3v) is 32.9. The molecule has 0 saturated heterocycles. The van der Waals surface area contributed by atoms with Crippen molar-refractivity contribution in [3.05, 3.63) is 0 Å². The van der Waals surface area contributed by atoms with Gasteiger partial charge in [0.05, 0.1) is 0 Å². The first kappa shape index (κ1) is 12.4. The zero-order valence-corrected chi connectivity index (χ0v) is 12.3. The van der Waals surface area contributed by atoms with Crippen LogP contribution >= 0.6 is 24.0 Å². The summed E-state index contributed by atoms with van der Waals surface area (Å²) in [7, 11) is 0.233. The van der Waals surface area contributed by atoms with Crippen LogP contribution in [0, 0.1) is 0 Å². The maximum absolute atomic E-state index is 4.09. The molecule has 0 aliphatic heterocycles. The van der Waals surface area contributed by atoms with Gasteiger partial charge in [-0.1, -0.05) is 0 Å². The second-order valence-electron chi connectivity index (χ2n) is 2.85. The van der Waals surface area contributed by atoms with Crippen LogP contribution in [0.1, 0.15) is 27.7 Å². The predicted molar refractivity (Wildman–Crippen MR) is 64.3 cm³/mol. The van der Waals surface area contributed by atoms with E-state index >= 15 is 0 Å². The van der Waals surface area contributed by atoms with Crippen molar-refractivity contribution in [3.63, 3.8) is 0 Å². The average molecular weight is 303 g/mol. The number of hydrogen-bond acceptors (Lipinski definition) is 1. The van der Waals surface area contributed by atoms with E-state index in [1.807, 2.05) is 0 Å². The molecule has 0 atom stereocenters. The van der Waals surface area contributed by atoms with Crippen LogP contribution in [0.5, 0.6) is 0 Å². The van der Waals surface area contributed by atoms with Gasteiger partial charge in [-0.2, -0.15) is 0 Å². The molecule has 0 amide bonds. The van der Waals surface area contributed by atoms with Crippen molar-refractivity contribution in [3.8, 4) is 0 Å². The van der Waals surface area contributed by atoms with Crippen molar-refractivity contribution in [2.75, 3.05) is 5.75 Å². The molecule has 0 unspecified atom stereocenters. The van der Waals surface area contributed by atoms with Gasteiger partial charge < -0.3 is 0 Å². The molecule has 0 saturated carbocycles. The molecule has 0 N–H and O–H groups in total. The van der Waals surface area contributed by atoms with E-state index < -0.39 is 9.43 Å². The second-order valence-corrected chi connectivity index (χ2v) is 32.6. The van der Waals surface area contributed by atoms with Gasteiger partial charge in [0.2, 0.25) is 0 Å². The zero-order valence-electron chi connectivity index (χ0n) is 8.06. The van der Waals surface area contributed by atoms with Gasteiger partial charge in [-0.15, -0.1) is 0 Å². The summed E-state index contributed by atoms with van der Waals surface area (Å²) in [5, 5.41) is 4.14. The summed E-state index contributed by atoms with van der Waals surface area (Å²) in [6.45, 7) is 9.30. The summed E-state index contributed by atoms with van der Waals surface area (Å²) in [4.78, 5) is 0. The Morgan fingerprint density at radius 1 is 1.00 bits per heavy atom. The van der Waals surface area contributed by atoms with Crippen molar-refractivity contribution in [2.24, 2.45) is 0 Å². The Balaban J connectivity index is 4.44.